The van der Waals surface area contributed by atoms with E-state index in [1.807, 2.05) is 12.1 Å². The Morgan fingerprint density at radius 1 is 1.23 bits per heavy atom. The molecule has 2 aromatic heterocycles. The number of aromatic nitrogens is 2. The van der Waals surface area contributed by atoms with Gasteiger partial charge in [0, 0.05) is 48.6 Å². The highest BCUT2D eigenvalue weighted by Gasteiger charge is 2.34. The third-order valence-electron chi connectivity index (χ3n) is 6.52. The normalized spacial score (nSPS) is 18.5. The molecule has 1 aromatic carbocycles. The monoisotopic (exact) mass is 497 g/mol. The standard InChI is InChI=1S/C26H28FN3O4S/c1-34-18-5-6-23-20(15-18)19(8-11-28-23)24(31)7-4-17-9-12-30(16-21(17)26(32)33)13-14-35-25-22(27)3-2-10-29-25/h2-3,5-6,8,10-11,15,17,21H,4,7,9,12-14,16H2,1H3,(H,32,33)/t17-,21+/m0/s1. The summed E-state index contributed by atoms with van der Waals surface area (Å²) in [5.74, 6) is -0.534. The molecular formula is C26H28FN3O4S. The number of carbonyl (C=O) groups excluding carboxylic acids is 1. The Labute approximate surface area is 207 Å². The summed E-state index contributed by atoms with van der Waals surface area (Å²) in [6, 6.07) is 10.1. The third kappa shape index (κ3) is 6.15. The molecule has 1 N–H and O–H groups in total. The summed E-state index contributed by atoms with van der Waals surface area (Å²) in [5.41, 5.74) is 1.30. The predicted octanol–water partition coefficient (Wildman–Crippen LogP) is 4.56. The van der Waals surface area contributed by atoms with E-state index < -0.39 is 11.9 Å². The topological polar surface area (TPSA) is 92.6 Å². The maximum absolute atomic E-state index is 13.8. The van der Waals surface area contributed by atoms with Gasteiger partial charge in [-0.15, -0.1) is 11.8 Å². The minimum Gasteiger partial charge on any atom is -0.497 e. The van der Waals surface area contributed by atoms with Crippen molar-refractivity contribution >= 4 is 34.4 Å². The number of hydrogen-bond acceptors (Lipinski definition) is 7. The molecular weight excluding hydrogens is 469 g/mol. The van der Waals surface area contributed by atoms with Crippen LogP contribution < -0.4 is 4.74 Å². The van der Waals surface area contributed by atoms with Crippen LogP contribution in [-0.2, 0) is 4.79 Å². The van der Waals surface area contributed by atoms with Gasteiger partial charge in [0.15, 0.2) is 11.6 Å². The number of carboxylic acid groups (broad SMARTS) is 1. The van der Waals surface area contributed by atoms with E-state index >= 15 is 0 Å². The van der Waals surface area contributed by atoms with Crippen molar-refractivity contribution in [2.45, 2.75) is 24.3 Å². The van der Waals surface area contributed by atoms with Crippen LogP contribution in [0, 0.1) is 17.7 Å². The number of fused-ring (bicyclic) bond motifs is 1. The molecule has 1 aliphatic heterocycles. The molecule has 3 heterocycles. The maximum atomic E-state index is 13.8. The molecule has 2 atom stereocenters. The Hall–Kier alpha value is -3.04. The van der Waals surface area contributed by atoms with E-state index in [1.165, 1.54) is 17.8 Å². The Morgan fingerprint density at radius 2 is 2.09 bits per heavy atom. The molecule has 184 valence electrons. The molecule has 0 spiro atoms. The van der Waals surface area contributed by atoms with Gasteiger partial charge in [0.25, 0.3) is 0 Å². The number of aliphatic carboxylic acids is 1. The zero-order chi connectivity index (χ0) is 24.8. The van der Waals surface area contributed by atoms with Gasteiger partial charge in [-0.3, -0.25) is 14.6 Å². The first-order chi connectivity index (χ1) is 17.0. The van der Waals surface area contributed by atoms with Gasteiger partial charge in [0.2, 0.25) is 0 Å². The SMILES string of the molecule is COc1ccc2nccc(C(=O)CC[C@H]3CCN(CCSc4ncccc4F)C[C@H]3C(=O)O)c2c1. The van der Waals surface area contributed by atoms with Crippen LogP contribution in [0.5, 0.6) is 5.75 Å². The second-order valence-electron chi connectivity index (χ2n) is 8.64. The molecule has 0 amide bonds. The third-order valence-corrected chi connectivity index (χ3v) is 7.48. The lowest BCUT2D eigenvalue weighted by Crippen LogP contribution is -2.44. The van der Waals surface area contributed by atoms with Crippen LogP contribution in [0.2, 0.25) is 0 Å². The Bertz CT molecular complexity index is 1210. The van der Waals surface area contributed by atoms with Crippen molar-refractivity contribution in [3.63, 3.8) is 0 Å². The van der Waals surface area contributed by atoms with Gasteiger partial charge in [-0.05, 0) is 61.7 Å². The quantitative estimate of drug-likeness (QED) is 0.322. The van der Waals surface area contributed by atoms with Crippen LogP contribution in [0.3, 0.4) is 0 Å². The molecule has 7 nitrogen and oxygen atoms in total. The number of benzene rings is 1. The summed E-state index contributed by atoms with van der Waals surface area (Å²) in [5, 5.41) is 10.9. The molecule has 3 aromatic rings. The van der Waals surface area contributed by atoms with Crippen molar-refractivity contribution < 1.29 is 23.8 Å². The highest BCUT2D eigenvalue weighted by atomic mass is 32.2. The van der Waals surface area contributed by atoms with E-state index in [0.29, 0.717) is 48.0 Å². The number of carbonyl (C=O) groups is 2. The molecule has 4 rings (SSSR count). The van der Waals surface area contributed by atoms with E-state index in [0.717, 1.165) is 17.4 Å². The van der Waals surface area contributed by atoms with Crippen molar-refractivity contribution in [2.24, 2.45) is 11.8 Å². The molecule has 1 aliphatic rings. The number of likely N-dealkylation sites (tertiary alicyclic amines) is 1. The lowest BCUT2D eigenvalue weighted by molar-refractivity contribution is -0.146. The van der Waals surface area contributed by atoms with Crippen LogP contribution in [-0.4, -0.2) is 64.2 Å². The molecule has 0 saturated carbocycles. The molecule has 0 aliphatic carbocycles. The fraction of sp³-hybridized carbons (Fsp3) is 0.385. The smallest absolute Gasteiger partial charge is 0.308 e. The fourth-order valence-electron chi connectivity index (χ4n) is 4.59. The van der Waals surface area contributed by atoms with Gasteiger partial charge >= 0.3 is 5.97 Å². The van der Waals surface area contributed by atoms with Gasteiger partial charge in [-0.25, -0.2) is 9.37 Å². The number of nitrogens with zero attached hydrogens (tertiary/aromatic N) is 3. The average Bonchev–Trinajstić information content (AvgIpc) is 2.88. The number of hydrogen-bond donors (Lipinski definition) is 1. The van der Waals surface area contributed by atoms with Crippen molar-refractivity contribution in [3.8, 4) is 5.75 Å². The van der Waals surface area contributed by atoms with Crippen LogP contribution >= 0.6 is 11.8 Å². The van der Waals surface area contributed by atoms with Crippen molar-refractivity contribution in [1.29, 1.82) is 0 Å². The maximum Gasteiger partial charge on any atom is 0.308 e. The lowest BCUT2D eigenvalue weighted by atomic mass is 9.81. The van der Waals surface area contributed by atoms with Crippen molar-refractivity contribution in [1.82, 2.24) is 14.9 Å². The highest BCUT2D eigenvalue weighted by Crippen LogP contribution is 2.30. The minimum absolute atomic E-state index is 0.0222. The summed E-state index contributed by atoms with van der Waals surface area (Å²) in [7, 11) is 1.58. The summed E-state index contributed by atoms with van der Waals surface area (Å²) in [6.07, 6.45) is 4.68. The van der Waals surface area contributed by atoms with Gasteiger partial charge in [-0.2, -0.15) is 0 Å². The van der Waals surface area contributed by atoms with Gasteiger partial charge < -0.3 is 14.7 Å². The summed E-state index contributed by atoms with van der Waals surface area (Å²) in [6.45, 7) is 1.83. The molecule has 35 heavy (non-hydrogen) atoms. The van der Waals surface area contributed by atoms with E-state index in [4.69, 9.17) is 4.74 Å². The van der Waals surface area contributed by atoms with Crippen LogP contribution in [0.4, 0.5) is 4.39 Å². The van der Waals surface area contributed by atoms with E-state index in [2.05, 4.69) is 14.9 Å². The Kier molecular flexibility index (Phi) is 8.30. The number of rotatable bonds is 10. The number of ether oxygens (including phenoxy) is 1. The number of thioether (sulfide) groups is 1. The van der Waals surface area contributed by atoms with Crippen LogP contribution in [0.15, 0.2) is 53.8 Å². The molecule has 1 fully saturated rings. The first-order valence-corrected chi connectivity index (χ1v) is 12.6. The minimum atomic E-state index is -0.838. The summed E-state index contributed by atoms with van der Waals surface area (Å²) in [4.78, 5) is 35.6. The molecule has 0 radical (unpaired) electrons. The number of ketones is 1. The van der Waals surface area contributed by atoms with Crippen molar-refractivity contribution in [3.05, 3.63) is 60.2 Å². The predicted molar refractivity (Wildman–Crippen MR) is 132 cm³/mol. The molecule has 0 bridgehead atoms. The zero-order valence-corrected chi connectivity index (χ0v) is 20.3. The van der Waals surface area contributed by atoms with E-state index in [1.54, 1.807) is 37.7 Å². The number of piperidine rings is 1. The van der Waals surface area contributed by atoms with Crippen LogP contribution in [0.25, 0.3) is 10.9 Å². The number of halogens is 1. The first kappa shape index (κ1) is 25.1. The second kappa shape index (κ2) is 11.6. The number of pyridine rings is 2. The molecule has 0 unspecified atom stereocenters. The fourth-order valence-corrected chi connectivity index (χ4v) is 5.48. The van der Waals surface area contributed by atoms with E-state index in [-0.39, 0.29) is 23.9 Å². The van der Waals surface area contributed by atoms with Gasteiger partial charge in [0.05, 0.1) is 18.5 Å². The summed E-state index contributed by atoms with van der Waals surface area (Å²) >= 11 is 1.33. The first-order valence-electron chi connectivity index (χ1n) is 11.6. The number of carboxylic acids is 1. The summed E-state index contributed by atoms with van der Waals surface area (Å²) < 4.78 is 19.0. The molecule has 1 saturated heterocycles. The second-order valence-corrected chi connectivity index (χ2v) is 9.72. The van der Waals surface area contributed by atoms with Crippen LogP contribution in [0.1, 0.15) is 29.6 Å². The van der Waals surface area contributed by atoms with Gasteiger partial charge in [0.1, 0.15) is 10.8 Å². The number of Topliss-reactive ketones (excluding diaryl/α,β-unsaturated/α-hetero) is 1. The Balaban J connectivity index is 1.34. The van der Waals surface area contributed by atoms with Gasteiger partial charge in [-0.1, -0.05) is 0 Å². The number of methoxy groups -OCH3 is 1. The molecule has 9 heteroatoms. The zero-order valence-electron chi connectivity index (χ0n) is 19.5. The average molecular weight is 498 g/mol. The lowest BCUT2D eigenvalue weighted by Gasteiger charge is -2.36. The van der Waals surface area contributed by atoms with Crippen molar-refractivity contribution in [2.75, 3.05) is 32.5 Å². The highest BCUT2D eigenvalue weighted by molar-refractivity contribution is 7.99. The van der Waals surface area contributed by atoms with E-state index in [9.17, 15) is 19.1 Å². The largest absolute Gasteiger partial charge is 0.497 e. The Morgan fingerprint density at radius 3 is 2.86 bits per heavy atom.